The number of benzene rings is 1. The molecule has 1 fully saturated rings. The summed E-state index contributed by atoms with van der Waals surface area (Å²) in [5.41, 5.74) is 4.15. The predicted molar refractivity (Wildman–Crippen MR) is 93.3 cm³/mol. The SMILES string of the molecule is Cc1cc(C)n(-c2ccc(CC(=O)N3C[C@H](C)OC[C@H]3C)cc2)n1. The van der Waals surface area contributed by atoms with Gasteiger partial charge >= 0.3 is 0 Å². The highest BCUT2D eigenvalue weighted by Crippen LogP contribution is 2.16. The highest BCUT2D eigenvalue weighted by molar-refractivity contribution is 5.79. The van der Waals surface area contributed by atoms with Crippen LogP contribution in [0.25, 0.3) is 5.69 Å². The lowest BCUT2D eigenvalue weighted by Crippen LogP contribution is -2.50. The van der Waals surface area contributed by atoms with Crippen LogP contribution in [0, 0.1) is 13.8 Å². The van der Waals surface area contributed by atoms with Gasteiger partial charge in [-0.15, -0.1) is 0 Å². The molecule has 5 nitrogen and oxygen atoms in total. The first-order valence-electron chi connectivity index (χ1n) is 8.47. The van der Waals surface area contributed by atoms with Gasteiger partial charge in [-0.05, 0) is 51.5 Å². The number of hydrogen-bond acceptors (Lipinski definition) is 3. The predicted octanol–water partition coefficient (Wildman–Crippen LogP) is 2.67. The molecule has 2 aromatic rings. The van der Waals surface area contributed by atoms with Gasteiger partial charge in [-0.3, -0.25) is 4.79 Å². The second kappa shape index (κ2) is 6.77. The summed E-state index contributed by atoms with van der Waals surface area (Å²) >= 11 is 0. The molecular weight excluding hydrogens is 302 g/mol. The van der Waals surface area contributed by atoms with Crippen molar-refractivity contribution in [3.05, 3.63) is 47.3 Å². The average Bonchev–Trinajstić information content (AvgIpc) is 2.89. The van der Waals surface area contributed by atoms with E-state index in [4.69, 9.17) is 4.74 Å². The summed E-state index contributed by atoms with van der Waals surface area (Å²) in [7, 11) is 0. The third-order valence-electron chi connectivity index (χ3n) is 4.47. The Bertz CT molecular complexity index is 721. The van der Waals surface area contributed by atoms with Gasteiger partial charge in [0.2, 0.25) is 5.91 Å². The van der Waals surface area contributed by atoms with Crippen molar-refractivity contribution in [2.75, 3.05) is 13.2 Å². The molecule has 1 amide bonds. The fourth-order valence-corrected chi connectivity index (χ4v) is 3.17. The highest BCUT2D eigenvalue weighted by atomic mass is 16.5. The molecule has 3 rings (SSSR count). The van der Waals surface area contributed by atoms with E-state index in [0.29, 0.717) is 19.6 Å². The number of ether oxygens (including phenoxy) is 1. The molecular formula is C19H25N3O2. The number of aryl methyl sites for hydroxylation is 2. The van der Waals surface area contributed by atoms with Crippen molar-refractivity contribution in [3.63, 3.8) is 0 Å². The van der Waals surface area contributed by atoms with Crippen LogP contribution in [0.2, 0.25) is 0 Å². The topological polar surface area (TPSA) is 47.4 Å². The summed E-state index contributed by atoms with van der Waals surface area (Å²) in [5.74, 6) is 0.163. The molecule has 1 aromatic carbocycles. The van der Waals surface area contributed by atoms with Gasteiger partial charge in [-0.25, -0.2) is 4.68 Å². The summed E-state index contributed by atoms with van der Waals surface area (Å²) in [6, 6.07) is 10.3. The zero-order chi connectivity index (χ0) is 17.3. The third kappa shape index (κ3) is 3.51. The molecule has 0 bridgehead atoms. The molecule has 1 aliphatic rings. The number of aromatic nitrogens is 2. The van der Waals surface area contributed by atoms with Crippen LogP contribution in [0.1, 0.15) is 30.8 Å². The first-order chi connectivity index (χ1) is 11.4. The molecule has 0 spiro atoms. The number of morpholine rings is 1. The smallest absolute Gasteiger partial charge is 0.227 e. The van der Waals surface area contributed by atoms with Gasteiger partial charge in [0.1, 0.15) is 0 Å². The van der Waals surface area contributed by atoms with Gasteiger partial charge in [0.15, 0.2) is 0 Å². The van der Waals surface area contributed by atoms with Crippen LogP contribution in [-0.2, 0) is 16.0 Å². The summed E-state index contributed by atoms with van der Waals surface area (Å²) in [6.07, 6.45) is 0.535. The van der Waals surface area contributed by atoms with Gasteiger partial charge in [0.25, 0.3) is 0 Å². The van der Waals surface area contributed by atoms with Crippen LogP contribution < -0.4 is 0 Å². The second-order valence-electron chi connectivity index (χ2n) is 6.72. The zero-order valence-electron chi connectivity index (χ0n) is 14.8. The summed E-state index contributed by atoms with van der Waals surface area (Å²) in [4.78, 5) is 14.5. The van der Waals surface area contributed by atoms with E-state index >= 15 is 0 Å². The lowest BCUT2D eigenvalue weighted by atomic mass is 10.1. The number of hydrogen-bond donors (Lipinski definition) is 0. The average molecular weight is 327 g/mol. The van der Waals surface area contributed by atoms with Gasteiger partial charge < -0.3 is 9.64 Å². The normalized spacial score (nSPS) is 21.1. The van der Waals surface area contributed by atoms with E-state index in [1.807, 2.05) is 61.5 Å². The molecule has 1 aromatic heterocycles. The Morgan fingerprint density at radius 1 is 1.25 bits per heavy atom. The highest BCUT2D eigenvalue weighted by Gasteiger charge is 2.27. The van der Waals surface area contributed by atoms with E-state index < -0.39 is 0 Å². The second-order valence-corrected chi connectivity index (χ2v) is 6.72. The quantitative estimate of drug-likeness (QED) is 0.871. The van der Waals surface area contributed by atoms with E-state index in [2.05, 4.69) is 11.2 Å². The number of carbonyl (C=O) groups excluding carboxylic acids is 1. The van der Waals surface area contributed by atoms with Gasteiger partial charge in [-0.1, -0.05) is 12.1 Å². The number of amides is 1. The van der Waals surface area contributed by atoms with Crippen molar-refractivity contribution in [2.24, 2.45) is 0 Å². The summed E-state index contributed by atoms with van der Waals surface area (Å²) in [6.45, 7) is 9.36. The summed E-state index contributed by atoms with van der Waals surface area (Å²) in [5, 5.41) is 4.49. The van der Waals surface area contributed by atoms with Gasteiger partial charge in [0, 0.05) is 12.2 Å². The summed E-state index contributed by atoms with van der Waals surface area (Å²) < 4.78 is 7.52. The molecule has 24 heavy (non-hydrogen) atoms. The molecule has 128 valence electrons. The minimum absolute atomic E-state index is 0.110. The van der Waals surface area contributed by atoms with Gasteiger partial charge in [-0.2, -0.15) is 5.10 Å². The fraction of sp³-hybridized carbons (Fsp3) is 0.474. The van der Waals surface area contributed by atoms with Crippen molar-refractivity contribution in [3.8, 4) is 5.69 Å². The molecule has 2 heterocycles. The van der Waals surface area contributed by atoms with Crippen molar-refractivity contribution in [1.29, 1.82) is 0 Å². The Balaban J connectivity index is 1.70. The van der Waals surface area contributed by atoms with E-state index in [1.165, 1.54) is 0 Å². The molecule has 0 unspecified atom stereocenters. The van der Waals surface area contributed by atoms with Crippen molar-refractivity contribution >= 4 is 5.91 Å². The van der Waals surface area contributed by atoms with Crippen molar-refractivity contribution in [1.82, 2.24) is 14.7 Å². The first kappa shape index (κ1) is 16.7. The Kier molecular flexibility index (Phi) is 4.71. The maximum absolute atomic E-state index is 12.6. The van der Waals surface area contributed by atoms with Crippen LogP contribution in [-0.4, -0.2) is 45.9 Å². The van der Waals surface area contributed by atoms with E-state index in [-0.39, 0.29) is 18.1 Å². The fourth-order valence-electron chi connectivity index (χ4n) is 3.17. The van der Waals surface area contributed by atoms with E-state index in [0.717, 1.165) is 22.6 Å². The molecule has 0 saturated carbocycles. The van der Waals surface area contributed by atoms with E-state index in [9.17, 15) is 4.79 Å². The lowest BCUT2D eigenvalue weighted by molar-refractivity contribution is -0.142. The molecule has 0 radical (unpaired) electrons. The monoisotopic (exact) mass is 327 g/mol. The first-order valence-corrected chi connectivity index (χ1v) is 8.47. The van der Waals surface area contributed by atoms with Gasteiger partial charge in [0.05, 0.1) is 36.6 Å². The van der Waals surface area contributed by atoms with Crippen LogP contribution in [0.15, 0.2) is 30.3 Å². The molecule has 0 N–H and O–H groups in total. The molecule has 1 saturated heterocycles. The molecule has 0 aliphatic carbocycles. The van der Waals surface area contributed by atoms with Crippen LogP contribution in [0.3, 0.4) is 0 Å². The Labute approximate surface area is 143 Å². The lowest BCUT2D eigenvalue weighted by Gasteiger charge is -2.37. The Morgan fingerprint density at radius 2 is 1.96 bits per heavy atom. The molecule has 1 aliphatic heterocycles. The third-order valence-corrected chi connectivity index (χ3v) is 4.47. The van der Waals surface area contributed by atoms with Crippen LogP contribution in [0.5, 0.6) is 0 Å². The molecule has 5 heteroatoms. The molecule has 2 atom stereocenters. The maximum atomic E-state index is 12.6. The number of carbonyl (C=O) groups is 1. The zero-order valence-corrected chi connectivity index (χ0v) is 14.8. The largest absolute Gasteiger partial charge is 0.375 e. The minimum atomic E-state index is 0.110. The standard InChI is InChI=1S/C19H25N3O2/c1-13-9-14(2)22(20-13)18-7-5-17(6-8-18)10-19(23)21-11-16(4)24-12-15(21)3/h5-9,15-16H,10-12H2,1-4H3/t15-,16+/m1/s1. The Hall–Kier alpha value is -2.14. The van der Waals surface area contributed by atoms with Crippen molar-refractivity contribution < 1.29 is 9.53 Å². The van der Waals surface area contributed by atoms with Crippen LogP contribution in [0.4, 0.5) is 0 Å². The van der Waals surface area contributed by atoms with Crippen LogP contribution >= 0.6 is 0 Å². The number of rotatable bonds is 3. The minimum Gasteiger partial charge on any atom is -0.375 e. The van der Waals surface area contributed by atoms with E-state index in [1.54, 1.807) is 0 Å². The Morgan fingerprint density at radius 3 is 2.58 bits per heavy atom. The van der Waals surface area contributed by atoms with Crippen molar-refractivity contribution in [2.45, 2.75) is 46.3 Å². The maximum Gasteiger partial charge on any atom is 0.227 e. The number of nitrogens with zero attached hydrogens (tertiary/aromatic N) is 3.